The lowest BCUT2D eigenvalue weighted by Gasteiger charge is -1.93. The molecule has 0 atom stereocenters. The van der Waals surface area contributed by atoms with Gasteiger partial charge in [0.15, 0.2) is 0 Å². The van der Waals surface area contributed by atoms with Crippen molar-refractivity contribution in [2.75, 3.05) is 7.05 Å². The summed E-state index contributed by atoms with van der Waals surface area (Å²) in [5, 5.41) is 2.57. The van der Waals surface area contributed by atoms with E-state index in [1.54, 1.807) is 7.05 Å². The number of amides is 1. The molecule has 1 N–H and O–H groups in total. The van der Waals surface area contributed by atoms with Crippen LogP contribution in [0.2, 0.25) is 0 Å². The van der Waals surface area contributed by atoms with Crippen LogP contribution in [0.3, 0.4) is 0 Å². The molecule has 0 aromatic carbocycles. The number of hydrogen-bond acceptors (Lipinski definition) is 1. The summed E-state index contributed by atoms with van der Waals surface area (Å²) in [6.45, 7) is 2.08. The van der Waals surface area contributed by atoms with Gasteiger partial charge in [-0.15, -0.1) is 0 Å². The topological polar surface area (TPSA) is 29.1 Å². The molecule has 0 aliphatic carbocycles. The van der Waals surface area contributed by atoms with Crippen LogP contribution < -0.4 is 5.32 Å². The number of carbonyl (C=O) groups excluding carboxylic acids is 1. The van der Waals surface area contributed by atoms with Crippen molar-refractivity contribution in [3.8, 4) is 0 Å². The molecular formula is C8H15NO. The second-order valence-corrected chi connectivity index (χ2v) is 2.09. The maximum absolute atomic E-state index is 10.6. The maximum atomic E-state index is 10.6. The third kappa shape index (κ3) is 5.35. The van der Waals surface area contributed by atoms with Crippen molar-refractivity contribution in [2.24, 2.45) is 0 Å². The Kier molecular flexibility index (Phi) is 5.83. The minimum Gasteiger partial charge on any atom is -0.359 e. The molecule has 0 saturated carbocycles. The summed E-state index contributed by atoms with van der Waals surface area (Å²) in [5.74, 6) is 0.112. The fraction of sp³-hybridized carbons (Fsp3) is 0.625. The second kappa shape index (κ2) is 6.33. The van der Waals surface area contributed by atoms with Gasteiger partial charge in [0.25, 0.3) is 0 Å². The molecule has 0 heterocycles. The summed E-state index contributed by atoms with van der Waals surface area (Å²) in [7, 11) is 1.66. The van der Waals surface area contributed by atoms with Gasteiger partial charge in [0.05, 0.1) is 0 Å². The Morgan fingerprint density at radius 3 is 2.70 bits per heavy atom. The smallest absolute Gasteiger partial charge is 0.220 e. The minimum absolute atomic E-state index is 0.112. The first kappa shape index (κ1) is 9.21. The zero-order valence-electron chi connectivity index (χ0n) is 6.68. The number of nitrogens with one attached hydrogen (secondary N) is 1. The van der Waals surface area contributed by atoms with Crippen LogP contribution in [0.1, 0.15) is 26.2 Å². The largest absolute Gasteiger partial charge is 0.359 e. The summed E-state index contributed by atoms with van der Waals surface area (Å²) < 4.78 is 0. The molecule has 0 aromatic rings. The van der Waals surface area contributed by atoms with Gasteiger partial charge in [-0.25, -0.2) is 0 Å². The number of carbonyl (C=O) groups is 1. The van der Waals surface area contributed by atoms with E-state index < -0.39 is 0 Å². The highest BCUT2D eigenvalue weighted by Gasteiger charge is 1.92. The molecular weight excluding hydrogens is 126 g/mol. The van der Waals surface area contributed by atoms with Gasteiger partial charge < -0.3 is 5.32 Å². The molecule has 0 spiro atoms. The van der Waals surface area contributed by atoms with Gasteiger partial charge in [-0.3, -0.25) is 4.79 Å². The van der Waals surface area contributed by atoms with Crippen LogP contribution in [0.5, 0.6) is 0 Å². The summed E-state index contributed by atoms with van der Waals surface area (Å²) in [6.07, 6.45) is 6.62. The first-order chi connectivity index (χ1) is 4.81. The van der Waals surface area contributed by atoms with Crippen LogP contribution >= 0.6 is 0 Å². The quantitative estimate of drug-likeness (QED) is 0.590. The van der Waals surface area contributed by atoms with E-state index in [0.717, 1.165) is 12.8 Å². The molecule has 0 aliphatic heterocycles. The van der Waals surface area contributed by atoms with Crippen LogP contribution in [-0.4, -0.2) is 13.0 Å². The zero-order valence-corrected chi connectivity index (χ0v) is 6.68. The Labute approximate surface area is 62.3 Å². The highest BCUT2D eigenvalue weighted by Crippen LogP contribution is 1.91. The van der Waals surface area contributed by atoms with Crippen molar-refractivity contribution < 1.29 is 4.79 Å². The zero-order chi connectivity index (χ0) is 7.82. The molecule has 0 aliphatic rings. The van der Waals surface area contributed by atoms with Crippen molar-refractivity contribution in [1.82, 2.24) is 5.32 Å². The molecule has 10 heavy (non-hydrogen) atoms. The van der Waals surface area contributed by atoms with Crippen molar-refractivity contribution in [1.29, 1.82) is 0 Å². The Morgan fingerprint density at radius 1 is 1.50 bits per heavy atom. The second-order valence-electron chi connectivity index (χ2n) is 2.09. The van der Waals surface area contributed by atoms with E-state index in [1.807, 2.05) is 6.08 Å². The third-order valence-corrected chi connectivity index (χ3v) is 1.22. The van der Waals surface area contributed by atoms with Crippen molar-refractivity contribution in [2.45, 2.75) is 26.2 Å². The van der Waals surface area contributed by atoms with E-state index in [-0.39, 0.29) is 5.91 Å². The molecule has 2 heteroatoms. The van der Waals surface area contributed by atoms with Gasteiger partial charge in [0.1, 0.15) is 0 Å². The van der Waals surface area contributed by atoms with E-state index in [9.17, 15) is 4.79 Å². The first-order valence-electron chi connectivity index (χ1n) is 3.66. The van der Waals surface area contributed by atoms with Crippen molar-refractivity contribution in [3.63, 3.8) is 0 Å². The summed E-state index contributed by atoms with van der Waals surface area (Å²) >= 11 is 0. The van der Waals surface area contributed by atoms with Crippen molar-refractivity contribution >= 4 is 5.91 Å². The van der Waals surface area contributed by atoms with Gasteiger partial charge in [0.2, 0.25) is 5.91 Å². The monoisotopic (exact) mass is 141 g/mol. The SMILES string of the molecule is CC/C=C/CCC(=O)NC. The Bertz CT molecular complexity index is 118. The maximum Gasteiger partial charge on any atom is 0.220 e. The average molecular weight is 141 g/mol. The van der Waals surface area contributed by atoms with Crippen LogP contribution in [0.25, 0.3) is 0 Å². The lowest BCUT2D eigenvalue weighted by atomic mass is 10.2. The molecule has 0 unspecified atom stereocenters. The van der Waals surface area contributed by atoms with Crippen LogP contribution in [0.15, 0.2) is 12.2 Å². The molecule has 0 fully saturated rings. The summed E-state index contributed by atoms with van der Waals surface area (Å²) in [4.78, 5) is 10.6. The van der Waals surface area contributed by atoms with E-state index >= 15 is 0 Å². The summed E-state index contributed by atoms with van der Waals surface area (Å²) in [5.41, 5.74) is 0. The number of allylic oxidation sites excluding steroid dienone is 2. The standard InChI is InChI=1S/C8H15NO/c1-3-4-5-6-7-8(10)9-2/h4-5H,3,6-7H2,1-2H3,(H,9,10)/b5-4+. The Balaban J connectivity index is 3.19. The predicted molar refractivity (Wildman–Crippen MR) is 42.7 cm³/mol. The highest BCUT2D eigenvalue weighted by atomic mass is 16.1. The van der Waals surface area contributed by atoms with E-state index in [1.165, 1.54) is 0 Å². The minimum atomic E-state index is 0.112. The van der Waals surface area contributed by atoms with Gasteiger partial charge in [-0.2, -0.15) is 0 Å². The van der Waals surface area contributed by atoms with Gasteiger partial charge in [0, 0.05) is 13.5 Å². The van der Waals surface area contributed by atoms with Crippen LogP contribution in [-0.2, 0) is 4.79 Å². The fourth-order valence-electron chi connectivity index (χ4n) is 0.624. The Hall–Kier alpha value is -0.790. The highest BCUT2D eigenvalue weighted by molar-refractivity contribution is 5.75. The summed E-state index contributed by atoms with van der Waals surface area (Å²) in [6, 6.07) is 0. The molecule has 0 rings (SSSR count). The van der Waals surface area contributed by atoms with E-state index in [4.69, 9.17) is 0 Å². The normalized spacial score (nSPS) is 10.2. The number of hydrogen-bond donors (Lipinski definition) is 1. The van der Waals surface area contributed by atoms with Crippen LogP contribution in [0.4, 0.5) is 0 Å². The van der Waals surface area contributed by atoms with Gasteiger partial charge in [-0.05, 0) is 12.8 Å². The molecule has 0 aromatic heterocycles. The molecule has 0 bridgehead atoms. The van der Waals surface area contributed by atoms with Crippen LogP contribution in [0, 0.1) is 0 Å². The molecule has 2 nitrogen and oxygen atoms in total. The van der Waals surface area contributed by atoms with Gasteiger partial charge >= 0.3 is 0 Å². The molecule has 58 valence electrons. The molecule has 0 saturated heterocycles. The lowest BCUT2D eigenvalue weighted by Crippen LogP contribution is -2.16. The van der Waals surface area contributed by atoms with E-state index in [2.05, 4.69) is 18.3 Å². The fourth-order valence-corrected chi connectivity index (χ4v) is 0.624. The Morgan fingerprint density at radius 2 is 2.20 bits per heavy atom. The lowest BCUT2D eigenvalue weighted by molar-refractivity contribution is -0.120. The molecule has 1 amide bonds. The third-order valence-electron chi connectivity index (χ3n) is 1.22. The first-order valence-corrected chi connectivity index (χ1v) is 3.66. The number of rotatable bonds is 4. The van der Waals surface area contributed by atoms with Crippen molar-refractivity contribution in [3.05, 3.63) is 12.2 Å². The average Bonchev–Trinajstić information content (AvgIpc) is 1.98. The predicted octanol–water partition coefficient (Wildman–Crippen LogP) is 1.48. The van der Waals surface area contributed by atoms with Gasteiger partial charge in [-0.1, -0.05) is 19.1 Å². The molecule has 0 radical (unpaired) electrons. The van der Waals surface area contributed by atoms with E-state index in [0.29, 0.717) is 6.42 Å².